The molecule has 1 aliphatic heterocycles. The summed E-state index contributed by atoms with van der Waals surface area (Å²) in [7, 11) is 1.65. The molecule has 0 saturated carbocycles. The molecule has 5 nitrogen and oxygen atoms in total. The molecule has 0 unspecified atom stereocenters. The third kappa shape index (κ3) is 5.15. The van der Waals surface area contributed by atoms with Gasteiger partial charge in [0.1, 0.15) is 5.75 Å². The summed E-state index contributed by atoms with van der Waals surface area (Å²) < 4.78 is 5.14. The highest BCUT2D eigenvalue weighted by Crippen LogP contribution is 2.21. The molecular weight excluding hydrogens is 326 g/mol. The molecule has 0 aromatic heterocycles. The first-order valence-corrected chi connectivity index (χ1v) is 9.27. The molecule has 2 aromatic rings. The van der Waals surface area contributed by atoms with Crippen molar-refractivity contribution in [3.05, 3.63) is 54.1 Å². The van der Waals surface area contributed by atoms with Crippen LogP contribution in [0.4, 0.5) is 16.2 Å². The van der Waals surface area contributed by atoms with Gasteiger partial charge in [-0.3, -0.25) is 0 Å². The fraction of sp³-hybridized carbons (Fsp3) is 0.381. The summed E-state index contributed by atoms with van der Waals surface area (Å²) in [6.07, 6.45) is 4.63. The van der Waals surface area contributed by atoms with Crippen LogP contribution in [0.15, 0.2) is 48.5 Å². The molecule has 0 aliphatic carbocycles. The predicted octanol–water partition coefficient (Wildman–Crippen LogP) is 4.05. The van der Waals surface area contributed by atoms with Gasteiger partial charge < -0.3 is 20.3 Å². The van der Waals surface area contributed by atoms with E-state index in [9.17, 15) is 4.79 Å². The van der Waals surface area contributed by atoms with Gasteiger partial charge in [0.2, 0.25) is 0 Å². The van der Waals surface area contributed by atoms with Crippen LogP contribution in [0.5, 0.6) is 5.75 Å². The zero-order valence-corrected chi connectivity index (χ0v) is 15.3. The summed E-state index contributed by atoms with van der Waals surface area (Å²) >= 11 is 0. The normalized spacial score (nSPS) is 14.0. The van der Waals surface area contributed by atoms with Crippen LogP contribution in [0.25, 0.3) is 0 Å². The van der Waals surface area contributed by atoms with E-state index in [1.807, 2.05) is 36.4 Å². The average Bonchev–Trinajstić information content (AvgIpc) is 2.70. The van der Waals surface area contributed by atoms with Crippen LogP contribution < -0.4 is 20.3 Å². The molecule has 138 valence electrons. The van der Waals surface area contributed by atoms with Crippen molar-refractivity contribution in [1.82, 2.24) is 5.32 Å². The van der Waals surface area contributed by atoms with Gasteiger partial charge in [-0.25, -0.2) is 4.79 Å². The van der Waals surface area contributed by atoms with Gasteiger partial charge in [-0.15, -0.1) is 0 Å². The summed E-state index contributed by atoms with van der Waals surface area (Å²) in [5.74, 6) is 0.840. The van der Waals surface area contributed by atoms with Crippen molar-refractivity contribution in [2.24, 2.45) is 0 Å². The number of amides is 2. The van der Waals surface area contributed by atoms with Crippen molar-refractivity contribution in [2.45, 2.75) is 25.7 Å². The Labute approximate surface area is 155 Å². The molecule has 1 heterocycles. The first kappa shape index (κ1) is 18.1. The zero-order chi connectivity index (χ0) is 18.2. The van der Waals surface area contributed by atoms with E-state index in [0.717, 1.165) is 36.5 Å². The number of carbonyl (C=O) groups is 1. The minimum atomic E-state index is -0.177. The van der Waals surface area contributed by atoms with Crippen LogP contribution in [-0.4, -0.2) is 32.8 Å². The Kier molecular flexibility index (Phi) is 6.36. The molecule has 2 N–H and O–H groups in total. The van der Waals surface area contributed by atoms with E-state index >= 15 is 0 Å². The Morgan fingerprint density at radius 3 is 2.35 bits per heavy atom. The van der Waals surface area contributed by atoms with Crippen LogP contribution in [-0.2, 0) is 6.42 Å². The zero-order valence-electron chi connectivity index (χ0n) is 15.3. The highest BCUT2D eigenvalue weighted by molar-refractivity contribution is 5.89. The molecule has 0 radical (unpaired) electrons. The average molecular weight is 353 g/mol. The topological polar surface area (TPSA) is 53.6 Å². The highest BCUT2D eigenvalue weighted by atomic mass is 16.5. The van der Waals surface area contributed by atoms with Gasteiger partial charge in [-0.1, -0.05) is 12.1 Å². The molecular formula is C21H27N3O2. The van der Waals surface area contributed by atoms with E-state index in [1.54, 1.807) is 7.11 Å². The Balaban J connectivity index is 1.42. The van der Waals surface area contributed by atoms with E-state index in [0.29, 0.717) is 6.54 Å². The number of urea groups is 1. The third-order valence-corrected chi connectivity index (χ3v) is 4.70. The maximum absolute atomic E-state index is 12.0. The van der Waals surface area contributed by atoms with E-state index < -0.39 is 0 Å². The van der Waals surface area contributed by atoms with Gasteiger partial charge in [0.15, 0.2) is 0 Å². The first-order chi connectivity index (χ1) is 12.7. The van der Waals surface area contributed by atoms with Crippen LogP contribution >= 0.6 is 0 Å². The minimum Gasteiger partial charge on any atom is -0.497 e. The third-order valence-electron chi connectivity index (χ3n) is 4.70. The maximum atomic E-state index is 12.0. The van der Waals surface area contributed by atoms with Crippen LogP contribution in [0.1, 0.15) is 24.8 Å². The number of hydrogen-bond acceptors (Lipinski definition) is 3. The van der Waals surface area contributed by atoms with Gasteiger partial charge in [0.05, 0.1) is 7.11 Å². The Bertz CT molecular complexity index is 692. The molecule has 0 atom stereocenters. The van der Waals surface area contributed by atoms with Crippen LogP contribution in [0.2, 0.25) is 0 Å². The van der Waals surface area contributed by atoms with Crippen LogP contribution in [0, 0.1) is 0 Å². The fourth-order valence-corrected chi connectivity index (χ4v) is 3.20. The quantitative estimate of drug-likeness (QED) is 0.824. The maximum Gasteiger partial charge on any atom is 0.319 e. The van der Waals surface area contributed by atoms with E-state index in [4.69, 9.17) is 4.74 Å². The molecule has 26 heavy (non-hydrogen) atoms. The standard InChI is InChI=1S/C21H27N3O2/c1-26-20-11-5-17(6-12-20)13-14-22-21(25)23-18-7-9-19(10-8-18)24-15-3-2-4-16-24/h5-12H,2-4,13-16H2,1H3,(H2,22,23,25). The largest absolute Gasteiger partial charge is 0.497 e. The lowest BCUT2D eigenvalue weighted by molar-refractivity contribution is 0.252. The predicted molar refractivity (Wildman–Crippen MR) is 106 cm³/mol. The van der Waals surface area contributed by atoms with Crippen molar-refractivity contribution in [3.63, 3.8) is 0 Å². The summed E-state index contributed by atoms with van der Waals surface area (Å²) in [5.41, 5.74) is 3.21. The van der Waals surface area contributed by atoms with E-state index in [-0.39, 0.29) is 6.03 Å². The number of rotatable bonds is 6. The molecule has 2 aromatic carbocycles. The highest BCUT2D eigenvalue weighted by Gasteiger charge is 2.10. The minimum absolute atomic E-state index is 0.177. The molecule has 1 aliphatic rings. The summed E-state index contributed by atoms with van der Waals surface area (Å²) in [4.78, 5) is 14.4. The van der Waals surface area contributed by atoms with Crippen molar-refractivity contribution in [2.75, 3.05) is 37.0 Å². The molecule has 5 heteroatoms. The van der Waals surface area contributed by atoms with Crippen molar-refractivity contribution >= 4 is 17.4 Å². The molecule has 0 spiro atoms. The number of hydrogen-bond donors (Lipinski definition) is 2. The Morgan fingerprint density at radius 2 is 1.69 bits per heavy atom. The Morgan fingerprint density at radius 1 is 1.00 bits per heavy atom. The van der Waals surface area contributed by atoms with Crippen molar-refractivity contribution in [1.29, 1.82) is 0 Å². The van der Waals surface area contributed by atoms with Gasteiger partial charge in [-0.05, 0) is 67.6 Å². The van der Waals surface area contributed by atoms with Crippen LogP contribution in [0.3, 0.4) is 0 Å². The molecule has 0 bridgehead atoms. The number of piperidine rings is 1. The smallest absolute Gasteiger partial charge is 0.319 e. The number of benzene rings is 2. The number of carbonyl (C=O) groups excluding carboxylic acids is 1. The van der Waals surface area contributed by atoms with Crippen molar-refractivity contribution in [3.8, 4) is 5.75 Å². The number of anilines is 2. The lowest BCUT2D eigenvalue weighted by Gasteiger charge is -2.28. The fourth-order valence-electron chi connectivity index (χ4n) is 3.20. The first-order valence-electron chi connectivity index (χ1n) is 9.27. The summed E-state index contributed by atoms with van der Waals surface area (Å²) in [6, 6.07) is 15.8. The lowest BCUT2D eigenvalue weighted by atomic mass is 10.1. The molecule has 2 amide bonds. The lowest BCUT2D eigenvalue weighted by Crippen LogP contribution is -2.30. The number of nitrogens with one attached hydrogen (secondary N) is 2. The van der Waals surface area contributed by atoms with Gasteiger partial charge in [0, 0.05) is 31.0 Å². The summed E-state index contributed by atoms with van der Waals surface area (Å²) in [6.45, 7) is 2.83. The monoisotopic (exact) mass is 353 g/mol. The number of methoxy groups -OCH3 is 1. The molecule has 3 rings (SSSR count). The second-order valence-corrected chi connectivity index (χ2v) is 6.57. The SMILES string of the molecule is COc1ccc(CCNC(=O)Nc2ccc(N3CCCCC3)cc2)cc1. The van der Waals surface area contributed by atoms with Crippen molar-refractivity contribution < 1.29 is 9.53 Å². The number of nitrogens with zero attached hydrogens (tertiary/aromatic N) is 1. The van der Waals surface area contributed by atoms with Gasteiger partial charge in [0.25, 0.3) is 0 Å². The molecule has 1 fully saturated rings. The second kappa shape index (κ2) is 9.13. The molecule has 1 saturated heterocycles. The van der Waals surface area contributed by atoms with Gasteiger partial charge in [-0.2, -0.15) is 0 Å². The Hall–Kier alpha value is -2.69. The summed E-state index contributed by atoms with van der Waals surface area (Å²) in [5, 5.41) is 5.78. The second-order valence-electron chi connectivity index (χ2n) is 6.57. The van der Waals surface area contributed by atoms with E-state index in [1.165, 1.54) is 24.9 Å². The number of ether oxygens (including phenoxy) is 1. The van der Waals surface area contributed by atoms with Gasteiger partial charge >= 0.3 is 6.03 Å². The van der Waals surface area contributed by atoms with E-state index in [2.05, 4.69) is 27.7 Å².